The fourth-order valence-corrected chi connectivity index (χ4v) is 2.37. The Morgan fingerprint density at radius 1 is 1.30 bits per heavy atom. The van der Waals surface area contributed by atoms with Crippen molar-refractivity contribution in [2.75, 3.05) is 6.79 Å². The summed E-state index contributed by atoms with van der Waals surface area (Å²) < 4.78 is 17.5. The van der Waals surface area contributed by atoms with Gasteiger partial charge in [-0.1, -0.05) is 17.7 Å². The zero-order valence-electron chi connectivity index (χ0n) is 13.1. The second kappa shape index (κ2) is 5.77. The molecule has 1 aromatic heterocycles. The van der Waals surface area contributed by atoms with Crippen LogP contribution in [-0.2, 0) is 12.1 Å². The molecule has 3 rings (SSSR count). The highest BCUT2D eigenvalue weighted by molar-refractivity contribution is 6.31. The number of aromatic nitrogens is 2. The van der Waals surface area contributed by atoms with Gasteiger partial charge in [0.25, 0.3) is 5.56 Å². The summed E-state index contributed by atoms with van der Waals surface area (Å²) in [6, 6.07) is 5.52. The lowest BCUT2D eigenvalue weighted by Gasteiger charge is -2.21. The molecule has 0 aliphatic carbocycles. The molecule has 0 saturated carbocycles. The van der Waals surface area contributed by atoms with Gasteiger partial charge in [-0.15, -0.1) is 0 Å². The van der Waals surface area contributed by atoms with Crippen molar-refractivity contribution in [3.05, 3.63) is 45.3 Å². The first-order valence-corrected chi connectivity index (χ1v) is 7.54. The summed E-state index contributed by atoms with van der Waals surface area (Å²) in [7, 11) is 0. The first-order chi connectivity index (χ1) is 10.9. The van der Waals surface area contributed by atoms with Crippen LogP contribution >= 0.6 is 11.6 Å². The molecule has 2 heterocycles. The number of nitrogens with zero attached hydrogens (tertiary/aromatic N) is 2. The minimum absolute atomic E-state index is 0.0238. The molecular formula is C16H17ClN2O4. The number of fused-ring (bicyclic) bond motifs is 1. The molecule has 0 unspecified atom stereocenters. The standard InChI is InChI=1S/C16H17ClN2O4/c1-16(2,3)19-15(20)14(17)13(7-18-19)21-8-10-4-5-11-12(6-10)23-9-22-11/h4-7H,8-9H2,1-3H3. The number of benzene rings is 1. The lowest BCUT2D eigenvalue weighted by molar-refractivity contribution is 0.174. The van der Waals surface area contributed by atoms with Gasteiger partial charge in [-0.3, -0.25) is 4.79 Å². The van der Waals surface area contributed by atoms with Crippen LogP contribution in [0.25, 0.3) is 0 Å². The number of hydrogen-bond acceptors (Lipinski definition) is 5. The van der Waals surface area contributed by atoms with Gasteiger partial charge in [-0.2, -0.15) is 5.10 Å². The van der Waals surface area contributed by atoms with Gasteiger partial charge in [0.1, 0.15) is 6.61 Å². The molecule has 122 valence electrons. The minimum atomic E-state index is -0.448. The van der Waals surface area contributed by atoms with Crippen LogP contribution in [-0.4, -0.2) is 16.6 Å². The molecule has 0 saturated heterocycles. The smallest absolute Gasteiger partial charge is 0.289 e. The van der Waals surface area contributed by atoms with Crippen molar-refractivity contribution in [3.63, 3.8) is 0 Å². The van der Waals surface area contributed by atoms with Crippen molar-refractivity contribution in [3.8, 4) is 17.2 Å². The summed E-state index contributed by atoms with van der Waals surface area (Å²) in [5.41, 5.74) is 0.0593. The molecule has 1 aliphatic heterocycles. The van der Waals surface area contributed by atoms with Gasteiger partial charge < -0.3 is 14.2 Å². The highest BCUT2D eigenvalue weighted by Crippen LogP contribution is 2.33. The van der Waals surface area contributed by atoms with Gasteiger partial charge in [0.05, 0.1) is 11.7 Å². The van der Waals surface area contributed by atoms with Crippen molar-refractivity contribution in [1.82, 2.24) is 9.78 Å². The SMILES string of the molecule is CC(C)(C)n1ncc(OCc2ccc3c(c2)OCO3)c(Cl)c1=O. The third-order valence-corrected chi connectivity index (χ3v) is 3.70. The monoisotopic (exact) mass is 336 g/mol. The van der Waals surface area contributed by atoms with E-state index in [0.29, 0.717) is 11.5 Å². The van der Waals surface area contributed by atoms with Crippen molar-refractivity contribution < 1.29 is 14.2 Å². The van der Waals surface area contributed by atoms with Crippen LogP contribution in [0.2, 0.25) is 5.02 Å². The second-order valence-electron chi connectivity index (χ2n) is 6.19. The Balaban J connectivity index is 1.79. The number of hydrogen-bond donors (Lipinski definition) is 0. The molecule has 0 radical (unpaired) electrons. The Bertz CT molecular complexity index is 796. The Kier molecular flexibility index (Phi) is 3.93. The van der Waals surface area contributed by atoms with Gasteiger partial charge in [-0.25, -0.2) is 4.68 Å². The summed E-state index contributed by atoms with van der Waals surface area (Å²) in [4.78, 5) is 12.3. The van der Waals surface area contributed by atoms with Crippen LogP contribution in [0.5, 0.6) is 17.2 Å². The molecule has 1 aliphatic rings. The molecule has 0 atom stereocenters. The fourth-order valence-electron chi connectivity index (χ4n) is 2.19. The van der Waals surface area contributed by atoms with E-state index in [1.54, 1.807) is 0 Å². The summed E-state index contributed by atoms with van der Waals surface area (Å²) in [5, 5.41) is 4.15. The molecule has 7 heteroatoms. The normalized spacial score (nSPS) is 13.2. The average molecular weight is 337 g/mol. The average Bonchev–Trinajstić information content (AvgIpc) is 2.95. The summed E-state index contributed by atoms with van der Waals surface area (Å²) in [6.07, 6.45) is 1.46. The largest absolute Gasteiger partial charge is 0.485 e. The van der Waals surface area contributed by atoms with Crippen LogP contribution in [0.1, 0.15) is 26.3 Å². The summed E-state index contributed by atoms with van der Waals surface area (Å²) in [6.45, 7) is 6.11. The molecule has 0 bridgehead atoms. The Morgan fingerprint density at radius 2 is 2.04 bits per heavy atom. The number of rotatable bonds is 3. The fraction of sp³-hybridized carbons (Fsp3) is 0.375. The zero-order valence-corrected chi connectivity index (χ0v) is 13.9. The third kappa shape index (κ3) is 3.12. The maximum Gasteiger partial charge on any atom is 0.289 e. The molecule has 1 aromatic carbocycles. The number of halogens is 1. The highest BCUT2D eigenvalue weighted by Gasteiger charge is 2.20. The van der Waals surface area contributed by atoms with Crippen molar-refractivity contribution in [1.29, 1.82) is 0 Å². The second-order valence-corrected chi connectivity index (χ2v) is 6.56. The Labute approximate surface area is 138 Å². The van der Waals surface area contributed by atoms with E-state index >= 15 is 0 Å². The van der Waals surface area contributed by atoms with E-state index < -0.39 is 5.54 Å². The van der Waals surface area contributed by atoms with Crippen LogP contribution < -0.4 is 19.8 Å². The molecule has 0 spiro atoms. The van der Waals surface area contributed by atoms with E-state index in [9.17, 15) is 4.79 Å². The van der Waals surface area contributed by atoms with Gasteiger partial charge in [-0.05, 0) is 38.5 Å². The molecule has 6 nitrogen and oxygen atoms in total. The molecule has 0 fully saturated rings. The summed E-state index contributed by atoms with van der Waals surface area (Å²) >= 11 is 6.12. The zero-order chi connectivity index (χ0) is 16.6. The maximum atomic E-state index is 12.3. The van der Waals surface area contributed by atoms with Crippen molar-refractivity contribution in [2.24, 2.45) is 0 Å². The Morgan fingerprint density at radius 3 is 2.78 bits per heavy atom. The predicted molar refractivity (Wildman–Crippen MR) is 85.4 cm³/mol. The van der Waals surface area contributed by atoms with Gasteiger partial charge >= 0.3 is 0 Å². The first-order valence-electron chi connectivity index (χ1n) is 7.16. The minimum Gasteiger partial charge on any atom is -0.485 e. The van der Waals surface area contributed by atoms with E-state index in [1.165, 1.54) is 10.9 Å². The van der Waals surface area contributed by atoms with Crippen molar-refractivity contribution in [2.45, 2.75) is 32.9 Å². The van der Waals surface area contributed by atoms with E-state index in [-0.39, 0.29) is 29.7 Å². The van der Waals surface area contributed by atoms with Crippen LogP contribution in [0, 0.1) is 0 Å². The molecule has 0 N–H and O–H groups in total. The molecule has 0 amide bonds. The Hall–Kier alpha value is -2.21. The number of ether oxygens (including phenoxy) is 3. The van der Waals surface area contributed by atoms with E-state index in [2.05, 4.69) is 5.10 Å². The van der Waals surface area contributed by atoms with Crippen LogP contribution in [0.4, 0.5) is 0 Å². The van der Waals surface area contributed by atoms with Gasteiger partial charge in [0.2, 0.25) is 6.79 Å². The van der Waals surface area contributed by atoms with E-state index in [0.717, 1.165) is 5.56 Å². The third-order valence-electron chi connectivity index (χ3n) is 3.35. The summed E-state index contributed by atoms with van der Waals surface area (Å²) in [5.74, 6) is 1.65. The van der Waals surface area contributed by atoms with E-state index in [4.69, 9.17) is 25.8 Å². The molecule has 23 heavy (non-hydrogen) atoms. The topological polar surface area (TPSA) is 62.6 Å². The first kappa shape index (κ1) is 15.7. The quantitative estimate of drug-likeness (QED) is 0.862. The highest BCUT2D eigenvalue weighted by atomic mass is 35.5. The van der Waals surface area contributed by atoms with Gasteiger partial charge in [0, 0.05) is 0 Å². The van der Waals surface area contributed by atoms with Crippen LogP contribution in [0.3, 0.4) is 0 Å². The lowest BCUT2D eigenvalue weighted by atomic mass is 10.1. The predicted octanol–water partition coefficient (Wildman–Crippen LogP) is 2.96. The van der Waals surface area contributed by atoms with Crippen LogP contribution in [0.15, 0.2) is 29.2 Å². The van der Waals surface area contributed by atoms with Crippen molar-refractivity contribution >= 4 is 11.6 Å². The molecular weight excluding hydrogens is 320 g/mol. The van der Waals surface area contributed by atoms with E-state index in [1.807, 2.05) is 39.0 Å². The molecule has 2 aromatic rings. The lowest BCUT2D eigenvalue weighted by Crippen LogP contribution is -2.36. The van der Waals surface area contributed by atoms with Gasteiger partial charge in [0.15, 0.2) is 22.3 Å². The maximum absolute atomic E-state index is 12.3.